The Morgan fingerprint density at radius 3 is 2.57 bits per heavy atom. The van der Waals surface area contributed by atoms with Gasteiger partial charge >= 0.3 is 6.03 Å². The average Bonchev–Trinajstić information content (AvgIpc) is 3.20. The summed E-state index contributed by atoms with van der Waals surface area (Å²) in [7, 11) is 0. The minimum Gasteiger partial charge on any atom is -0.338 e. The molecule has 2 aliphatic rings. The van der Waals surface area contributed by atoms with E-state index in [9.17, 15) is 4.79 Å². The third-order valence-corrected chi connectivity index (χ3v) is 6.24. The quantitative estimate of drug-likeness (QED) is 0.649. The number of anilines is 1. The second-order valence-electron chi connectivity index (χ2n) is 7.98. The maximum absolute atomic E-state index is 13.0. The Morgan fingerprint density at radius 2 is 1.80 bits per heavy atom. The largest absolute Gasteiger partial charge is 0.338 e. The Morgan fingerprint density at radius 1 is 1.03 bits per heavy atom. The summed E-state index contributed by atoms with van der Waals surface area (Å²) in [4.78, 5) is 33.2. The van der Waals surface area contributed by atoms with Crippen molar-refractivity contribution in [2.75, 3.05) is 50.7 Å². The van der Waals surface area contributed by atoms with Gasteiger partial charge in [-0.3, -0.25) is 4.90 Å². The van der Waals surface area contributed by atoms with Crippen LogP contribution >= 0.6 is 0 Å². The number of rotatable bonds is 5. The molecule has 1 aromatic carbocycles. The van der Waals surface area contributed by atoms with Gasteiger partial charge in [0.15, 0.2) is 0 Å². The number of aromatic nitrogens is 4. The van der Waals surface area contributed by atoms with Gasteiger partial charge in [-0.2, -0.15) is 0 Å². The summed E-state index contributed by atoms with van der Waals surface area (Å²) in [6, 6.07) is 9.83. The molecule has 2 aliphatic heterocycles. The molecule has 0 radical (unpaired) electrons. The van der Waals surface area contributed by atoms with Crippen LogP contribution in [0, 0.1) is 0 Å². The van der Waals surface area contributed by atoms with E-state index in [2.05, 4.69) is 19.8 Å². The SMILES string of the molecule is CCN1CC(CCN2CCN(c3ncccn3)CC2)c2nc3ccccc3n2C1=O. The van der Waals surface area contributed by atoms with E-state index >= 15 is 0 Å². The lowest BCUT2D eigenvalue weighted by Crippen LogP contribution is -2.48. The number of piperazine rings is 1. The Labute approximate surface area is 176 Å². The fourth-order valence-corrected chi connectivity index (χ4v) is 4.54. The van der Waals surface area contributed by atoms with Crippen LogP contribution < -0.4 is 4.90 Å². The van der Waals surface area contributed by atoms with Crippen LogP contribution in [0.5, 0.6) is 0 Å². The summed E-state index contributed by atoms with van der Waals surface area (Å²) in [6.45, 7) is 8.38. The highest BCUT2D eigenvalue weighted by Gasteiger charge is 2.33. The first kappa shape index (κ1) is 19.0. The second-order valence-corrected chi connectivity index (χ2v) is 7.98. The lowest BCUT2D eigenvalue weighted by atomic mass is 10.0. The topological polar surface area (TPSA) is 70.4 Å². The molecule has 0 saturated carbocycles. The van der Waals surface area contributed by atoms with E-state index in [0.717, 1.165) is 75.0 Å². The smallest absolute Gasteiger partial charge is 0.330 e. The number of benzene rings is 1. The van der Waals surface area contributed by atoms with Gasteiger partial charge in [0.25, 0.3) is 0 Å². The number of para-hydroxylation sites is 2. The van der Waals surface area contributed by atoms with E-state index in [0.29, 0.717) is 0 Å². The number of imidazole rings is 1. The molecule has 156 valence electrons. The molecule has 0 spiro atoms. The number of hydrogen-bond donors (Lipinski definition) is 0. The van der Waals surface area contributed by atoms with Crippen LogP contribution in [0.25, 0.3) is 11.0 Å². The number of fused-ring (bicyclic) bond motifs is 3. The molecule has 30 heavy (non-hydrogen) atoms. The Kier molecular flexibility index (Phi) is 5.08. The molecule has 0 aliphatic carbocycles. The van der Waals surface area contributed by atoms with E-state index in [1.807, 2.05) is 46.7 Å². The van der Waals surface area contributed by atoms with Crippen molar-refractivity contribution in [3.8, 4) is 0 Å². The van der Waals surface area contributed by atoms with Gasteiger partial charge in [-0.15, -0.1) is 0 Å². The summed E-state index contributed by atoms with van der Waals surface area (Å²) in [6.07, 6.45) is 4.59. The predicted octanol–water partition coefficient (Wildman–Crippen LogP) is 2.43. The number of nitrogens with zero attached hydrogens (tertiary/aromatic N) is 7. The summed E-state index contributed by atoms with van der Waals surface area (Å²) < 4.78 is 1.83. The zero-order chi connectivity index (χ0) is 20.5. The van der Waals surface area contributed by atoms with E-state index in [4.69, 9.17) is 4.98 Å². The Hall–Kier alpha value is -3.00. The van der Waals surface area contributed by atoms with Gasteiger partial charge in [0.2, 0.25) is 5.95 Å². The van der Waals surface area contributed by atoms with Crippen LogP contribution in [0.3, 0.4) is 0 Å². The summed E-state index contributed by atoms with van der Waals surface area (Å²) in [5.41, 5.74) is 1.82. The zero-order valence-corrected chi connectivity index (χ0v) is 17.3. The third kappa shape index (κ3) is 3.41. The minimum absolute atomic E-state index is 0.0499. The van der Waals surface area contributed by atoms with Crippen molar-refractivity contribution < 1.29 is 4.79 Å². The minimum atomic E-state index is 0.0499. The molecule has 3 aromatic rings. The first-order valence-corrected chi connectivity index (χ1v) is 10.8. The molecule has 0 N–H and O–H groups in total. The maximum Gasteiger partial charge on any atom is 0.330 e. The number of carbonyl (C=O) groups excluding carboxylic acids is 1. The Balaban J connectivity index is 1.28. The van der Waals surface area contributed by atoms with Crippen molar-refractivity contribution in [2.24, 2.45) is 0 Å². The van der Waals surface area contributed by atoms with Crippen LogP contribution in [0.2, 0.25) is 0 Å². The third-order valence-electron chi connectivity index (χ3n) is 6.24. The molecule has 2 aromatic heterocycles. The highest BCUT2D eigenvalue weighted by Crippen LogP contribution is 2.30. The second kappa shape index (κ2) is 8.02. The molecule has 1 atom stereocenters. The molecule has 0 bridgehead atoms. The standard InChI is InChI=1S/C22H27N7O/c1-2-27-16-17(20-25-18-6-3-4-7-19(18)29(20)22(27)30)8-11-26-12-14-28(15-13-26)21-23-9-5-10-24-21/h3-7,9-10,17H,2,8,11-16H2,1H3. The van der Waals surface area contributed by atoms with Gasteiger partial charge in [0.1, 0.15) is 5.82 Å². The van der Waals surface area contributed by atoms with Crippen molar-refractivity contribution in [2.45, 2.75) is 19.3 Å². The van der Waals surface area contributed by atoms with E-state index in [1.54, 1.807) is 12.4 Å². The maximum atomic E-state index is 13.0. The van der Waals surface area contributed by atoms with Crippen LogP contribution in [0.1, 0.15) is 25.1 Å². The molecule has 5 rings (SSSR count). The number of carbonyl (C=O) groups is 1. The molecule has 1 unspecified atom stereocenters. The Bertz CT molecular complexity index is 1030. The van der Waals surface area contributed by atoms with E-state index < -0.39 is 0 Å². The highest BCUT2D eigenvalue weighted by atomic mass is 16.2. The monoisotopic (exact) mass is 405 g/mol. The van der Waals surface area contributed by atoms with Crippen LogP contribution in [-0.2, 0) is 0 Å². The normalized spacial score (nSPS) is 20.0. The molecular weight excluding hydrogens is 378 g/mol. The van der Waals surface area contributed by atoms with Gasteiger partial charge in [0, 0.05) is 57.6 Å². The van der Waals surface area contributed by atoms with Crippen molar-refractivity contribution in [3.05, 3.63) is 48.5 Å². The van der Waals surface area contributed by atoms with Gasteiger partial charge in [-0.05, 0) is 38.1 Å². The fraction of sp³-hybridized carbons (Fsp3) is 0.455. The van der Waals surface area contributed by atoms with Crippen molar-refractivity contribution in [3.63, 3.8) is 0 Å². The lowest BCUT2D eigenvalue weighted by molar-refractivity contribution is 0.180. The van der Waals surface area contributed by atoms with Gasteiger partial charge < -0.3 is 9.80 Å². The fourth-order valence-electron chi connectivity index (χ4n) is 4.54. The summed E-state index contributed by atoms with van der Waals surface area (Å²) >= 11 is 0. The molecule has 4 heterocycles. The van der Waals surface area contributed by atoms with Crippen LogP contribution in [-0.4, -0.2) is 81.2 Å². The van der Waals surface area contributed by atoms with Gasteiger partial charge in [-0.25, -0.2) is 24.3 Å². The van der Waals surface area contributed by atoms with Crippen molar-refractivity contribution >= 4 is 23.0 Å². The first-order valence-electron chi connectivity index (χ1n) is 10.8. The number of likely N-dealkylation sites (N-methyl/N-ethyl adjacent to an activating group) is 1. The molecule has 8 nitrogen and oxygen atoms in total. The molecule has 1 saturated heterocycles. The van der Waals surface area contributed by atoms with E-state index in [-0.39, 0.29) is 11.9 Å². The molecular formula is C22H27N7O. The summed E-state index contributed by atoms with van der Waals surface area (Å²) in [5.74, 6) is 1.99. The number of amides is 1. The van der Waals surface area contributed by atoms with Crippen molar-refractivity contribution in [1.29, 1.82) is 0 Å². The molecule has 1 amide bonds. The van der Waals surface area contributed by atoms with Crippen molar-refractivity contribution in [1.82, 2.24) is 29.3 Å². The van der Waals surface area contributed by atoms with Crippen LogP contribution in [0.15, 0.2) is 42.7 Å². The predicted molar refractivity (Wildman–Crippen MR) is 116 cm³/mol. The highest BCUT2D eigenvalue weighted by molar-refractivity contribution is 5.91. The molecule has 8 heteroatoms. The van der Waals surface area contributed by atoms with Gasteiger partial charge in [0.05, 0.1) is 11.0 Å². The average molecular weight is 406 g/mol. The summed E-state index contributed by atoms with van der Waals surface area (Å²) in [5, 5.41) is 0. The zero-order valence-electron chi connectivity index (χ0n) is 17.3. The number of hydrogen-bond acceptors (Lipinski definition) is 6. The van der Waals surface area contributed by atoms with Crippen LogP contribution in [0.4, 0.5) is 10.7 Å². The molecule has 1 fully saturated rings. The van der Waals surface area contributed by atoms with Gasteiger partial charge in [-0.1, -0.05) is 12.1 Å². The first-order chi connectivity index (χ1) is 14.7. The van der Waals surface area contributed by atoms with E-state index in [1.165, 1.54) is 0 Å². The lowest BCUT2D eigenvalue weighted by Gasteiger charge is -2.36.